The van der Waals surface area contributed by atoms with Crippen LogP contribution >= 0.6 is 0 Å². The van der Waals surface area contributed by atoms with Crippen molar-refractivity contribution in [2.24, 2.45) is 10.7 Å². The van der Waals surface area contributed by atoms with Gasteiger partial charge in [-0.15, -0.1) is 0 Å². The summed E-state index contributed by atoms with van der Waals surface area (Å²) in [6.07, 6.45) is 0. The van der Waals surface area contributed by atoms with Crippen molar-refractivity contribution in [3.05, 3.63) is 10.1 Å². The van der Waals surface area contributed by atoms with Gasteiger partial charge in [0, 0.05) is 0 Å². The number of nitrogens with two attached hydrogens (primary N) is 1. The third-order valence-electron chi connectivity index (χ3n) is 0.896. The van der Waals surface area contributed by atoms with Gasteiger partial charge in [0.2, 0.25) is 0 Å². The number of nitrogens with one attached hydrogen (secondary N) is 1. The summed E-state index contributed by atoms with van der Waals surface area (Å²) in [5.74, 6) is -1.74. The molecule has 0 radical (unpaired) electrons. The lowest BCUT2D eigenvalue weighted by Crippen LogP contribution is -2.37. The molecule has 68 valence electrons. The number of guanidine groups is 1. The zero-order valence-corrected chi connectivity index (χ0v) is 6.22. The molecule has 1 atom stereocenters. The standard InChI is InChI=1S/C4H8N4O4/c1-2(3(9)10)6-4(5)7-8(11)12/h2H,1H3,(H,9,10)(H3,5,6,7). The fraction of sp³-hybridized carbons (Fsp3) is 0.500. The molecule has 0 aliphatic heterocycles. The molecule has 0 aliphatic rings. The van der Waals surface area contributed by atoms with E-state index in [0.717, 1.165) is 0 Å². The summed E-state index contributed by atoms with van der Waals surface area (Å²) in [5, 5.41) is 17.1. The molecule has 0 aliphatic carbocycles. The van der Waals surface area contributed by atoms with E-state index >= 15 is 0 Å². The lowest BCUT2D eigenvalue weighted by Gasteiger charge is -1.99. The molecular formula is C4H8N4O4. The van der Waals surface area contributed by atoms with Gasteiger partial charge in [0.1, 0.15) is 6.04 Å². The van der Waals surface area contributed by atoms with Gasteiger partial charge in [0.05, 0.1) is 0 Å². The molecule has 0 aromatic rings. The van der Waals surface area contributed by atoms with Crippen molar-refractivity contribution in [2.75, 3.05) is 0 Å². The maximum Gasteiger partial charge on any atom is 0.328 e. The molecule has 0 fully saturated rings. The molecule has 0 amide bonds. The van der Waals surface area contributed by atoms with Crippen molar-refractivity contribution < 1.29 is 14.9 Å². The first-order valence-corrected chi connectivity index (χ1v) is 2.90. The van der Waals surface area contributed by atoms with Gasteiger partial charge in [-0.2, -0.15) is 0 Å². The maximum absolute atomic E-state index is 10.2. The number of carboxylic acids is 1. The molecular weight excluding hydrogens is 168 g/mol. The zero-order chi connectivity index (χ0) is 9.72. The largest absolute Gasteiger partial charge is 0.480 e. The van der Waals surface area contributed by atoms with Crippen molar-refractivity contribution >= 4 is 11.9 Å². The van der Waals surface area contributed by atoms with Gasteiger partial charge in [-0.3, -0.25) is 0 Å². The maximum atomic E-state index is 10.2. The van der Waals surface area contributed by atoms with Gasteiger partial charge in [-0.05, 0) is 6.92 Å². The van der Waals surface area contributed by atoms with Gasteiger partial charge >= 0.3 is 5.97 Å². The first-order chi connectivity index (χ1) is 5.43. The van der Waals surface area contributed by atoms with E-state index in [4.69, 9.17) is 10.8 Å². The monoisotopic (exact) mass is 176 g/mol. The minimum absolute atomic E-state index is 0.532. The molecule has 0 heterocycles. The molecule has 8 heteroatoms. The highest BCUT2D eigenvalue weighted by Crippen LogP contribution is 1.87. The average molecular weight is 176 g/mol. The van der Waals surface area contributed by atoms with E-state index < -0.39 is 23.0 Å². The first-order valence-electron chi connectivity index (χ1n) is 2.90. The number of hydrazine groups is 1. The van der Waals surface area contributed by atoms with Gasteiger partial charge in [0.25, 0.3) is 5.96 Å². The molecule has 0 bridgehead atoms. The molecule has 8 nitrogen and oxygen atoms in total. The van der Waals surface area contributed by atoms with E-state index in [1.807, 2.05) is 0 Å². The molecule has 12 heavy (non-hydrogen) atoms. The van der Waals surface area contributed by atoms with Crippen LogP contribution in [0.4, 0.5) is 0 Å². The van der Waals surface area contributed by atoms with E-state index in [9.17, 15) is 14.9 Å². The van der Waals surface area contributed by atoms with Crippen molar-refractivity contribution in [3.8, 4) is 0 Å². The van der Waals surface area contributed by atoms with Crippen LogP contribution in [0.15, 0.2) is 4.99 Å². The molecule has 4 N–H and O–H groups in total. The number of carboxylic acid groups (broad SMARTS) is 1. The minimum Gasteiger partial charge on any atom is -0.480 e. The predicted octanol–water partition coefficient (Wildman–Crippen LogP) is -1.44. The molecule has 0 rings (SSSR count). The molecule has 0 aromatic heterocycles. The van der Waals surface area contributed by atoms with Gasteiger partial charge in [0.15, 0.2) is 5.03 Å². The third kappa shape index (κ3) is 4.04. The van der Waals surface area contributed by atoms with Crippen molar-refractivity contribution in [2.45, 2.75) is 13.0 Å². The number of hydrogen-bond donors (Lipinski definition) is 3. The van der Waals surface area contributed by atoms with Gasteiger partial charge in [-0.1, -0.05) is 5.43 Å². The Morgan fingerprint density at radius 2 is 2.33 bits per heavy atom. The number of rotatable bonds is 3. The number of hydrogen-bond acceptors (Lipinski definition) is 4. The van der Waals surface area contributed by atoms with Crippen LogP contribution in [0.2, 0.25) is 0 Å². The Morgan fingerprint density at radius 1 is 1.83 bits per heavy atom. The number of carbonyl (C=O) groups is 1. The predicted molar refractivity (Wildman–Crippen MR) is 38.9 cm³/mol. The molecule has 1 unspecified atom stereocenters. The zero-order valence-electron chi connectivity index (χ0n) is 6.22. The van der Waals surface area contributed by atoms with E-state index in [1.165, 1.54) is 12.3 Å². The van der Waals surface area contributed by atoms with Crippen LogP contribution in [-0.2, 0) is 4.79 Å². The number of aliphatic carboxylic acids is 1. The van der Waals surface area contributed by atoms with Crippen LogP contribution in [0.25, 0.3) is 0 Å². The third-order valence-corrected chi connectivity index (χ3v) is 0.896. The van der Waals surface area contributed by atoms with E-state index in [2.05, 4.69) is 4.99 Å². The highest BCUT2D eigenvalue weighted by molar-refractivity contribution is 5.81. The Balaban J connectivity index is 4.15. The summed E-state index contributed by atoms with van der Waals surface area (Å²) in [6, 6.07) is -1.10. The number of nitrogens with zero attached hydrogens (tertiary/aromatic N) is 2. The second-order valence-corrected chi connectivity index (χ2v) is 1.90. The van der Waals surface area contributed by atoms with E-state index in [0.29, 0.717) is 0 Å². The summed E-state index contributed by atoms with van der Waals surface area (Å²) in [4.78, 5) is 23.2. The van der Waals surface area contributed by atoms with Gasteiger partial charge in [-0.25, -0.2) is 19.9 Å². The molecule has 0 spiro atoms. The van der Waals surface area contributed by atoms with Crippen LogP contribution in [0.3, 0.4) is 0 Å². The van der Waals surface area contributed by atoms with Crippen molar-refractivity contribution in [1.29, 1.82) is 0 Å². The van der Waals surface area contributed by atoms with E-state index in [1.54, 1.807) is 0 Å². The highest BCUT2D eigenvalue weighted by Gasteiger charge is 2.10. The molecule has 0 aromatic carbocycles. The van der Waals surface area contributed by atoms with E-state index in [-0.39, 0.29) is 0 Å². The lowest BCUT2D eigenvalue weighted by molar-refractivity contribution is -0.525. The van der Waals surface area contributed by atoms with Crippen molar-refractivity contribution in [1.82, 2.24) is 5.43 Å². The highest BCUT2D eigenvalue weighted by atomic mass is 16.7. The Labute approximate surface area is 67.2 Å². The summed E-state index contributed by atoms with van der Waals surface area (Å²) >= 11 is 0. The summed E-state index contributed by atoms with van der Waals surface area (Å²) in [6.45, 7) is 1.25. The van der Waals surface area contributed by atoms with Crippen LogP contribution in [-0.4, -0.2) is 28.1 Å². The molecule has 0 saturated heterocycles. The smallest absolute Gasteiger partial charge is 0.328 e. The Bertz CT molecular complexity index is 225. The summed E-state index contributed by atoms with van der Waals surface area (Å²) in [7, 11) is 0. The average Bonchev–Trinajstić information content (AvgIpc) is 1.84. The fourth-order valence-electron chi connectivity index (χ4n) is 0.386. The summed E-state index contributed by atoms with van der Waals surface area (Å²) < 4.78 is 0. The van der Waals surface area contributed by atoms with Crippen LogP contribution in [0, 0.1) is 10.1 Å². The minimum atomic E-state index is -1.21. The number of aliphatic imine (C=N–C) groups is 1. The van der Waals surface area contributed by atoms with Crippen LogP contribution in [0.1, 0.15) is 6.92 Å². The normalized spacial score (nSPS) is 13.6. The topological polar surface area (TPSA) is 131 Å². The van der Waals surface area contributed by atoms with Gasteiger partial charge < -0.3 is 10.8 Å². The number of nitro groups is 1. The SMILES string of the molecule is CC(N=C(N)N[N+](=O)[O-])C(=O)O. The fourth-order valence-corrected chi connectivity index (χ4v) is 0.386. The van der Waals surface area contributed by atoms with Crippen molar-refractivity contribution in [3.63, 3.8) is 0 Å². The summed E-state index contributed by atoms with van der Waals surface area (Å²) in [5.41, 5.74) is 6.46. The second-order valence-electron chi connectivity index (χ2n) is 1.90. The molecule has 0 saturated carbocycles. The van der Waals surface area contributed by atoms with Crippen LogP contribution < -0.4 is 11.2 Å². The first kappa shape index (κ1) is 10.1. The van der Waals surface area contributed by atoms with Crippen LogP contribution in [0.5, 0.6) is 0 Å². The Hall–Kier alpha value is -1.86. The Kier molecular flexibility index (Phi) is 3.47. The lowest BCUT2D eigenvalue weighted by atomic mass is 10.4. The second kappa shape index (κ2) is 4.11. The quantitative estimate of drug-likeness (QED) is 0.209. The Morgan fingerprint density at radius 3 is 2.67 bits per heavy atom.